The van der Waals surface area contributed by atoms with Gasteiger partial charge in [0.25, 0.3) is 5.91 Å². The van der Waals surface area contributed by atoms with E-state index in [1.54, 1.807) is 6.07 Å². The quantitative estimate of drug-likeness (QED) is 0.811. The molecule has 0 saturated carbocycles. The van der Waals surface area contributed by atoms with Gasteiger partial charge in [-0.1, -0.05) is 12.5 Å². The van der Waals surface area contributed by atoms with Gasteiger partial charge in [-0.3, -0.25) is 9.69 Å². The molecule has 1 N–H and O–H groups in total. The van der Waals surface area contributed by atoms with Crippen molar-refractivity contribution < 1.29 is 17.6 Å². The molecular formula is C18H26FN3O3S. The molecule has 0 aromatic heterocycles. The SMILES string of the molecule is C[C@@H]1CCCCN1C1CN(S(=O)(=O)c2cccc(C(=O)NCCF)c2)C1. The molecule has 2 aliphatic heterocycles. The van der Waals surface area contributed by atoms with Crippen LogP contribution in [-0.4, -0.2) is 68.5 Å². The van der Waals surface area contributed by atoms with Gasteiger partial charge < -0.3 is 5.32 Å². The summed E-state index contributed by atoms with van der Waals surface area (Å²) in [7, 11) is -3.62. The van der Waals surface area contributed by atoms with Gasteiger partial charge in [0.05, 0.1) is 4.90 Å². The molecular weight excluding hydrogens is 357 g/mol. The lowest BCUT2D eigenvalue weighted by atomic mass is 9.99. The number of benzene rings is 1. The van der Waals surface area contributed by atoms with Crippen molar-refractivity contribution in [2.45, 2.75) is 43.2 Å². The molecule has 1 aromatic rings. The number of nitrogens with one attached hydrogen (secondary N) is 1. The number of sulfonamides is 1. The van der Waals surface area contributed by atoms with Gasteiger partial charge in [-0.2, -0.15) is 4.31 Å². The van der Waals surface area contributed by atoms with Gasteiger partial charge in [-0.05, 0) is 44.5 Å². The van der Waals surface area contributed by atoms with Crippen molar-refractivity contribution in [3.8, 4) is 0 Å². The summed E-state index contributed by atoms with van der Waals surface area (Å²) in [5.41, 5.74) is 0.223. The number of hydrogen-bond donors (Lipinski definition) is 1. The zero-order valence-electron chi connectivity index (χ0n) is 15.0. The van der Waals surface area contributed by atoms with E-state index in [4.69, 9.17) is 0 Å². The van der Waals surface area contributed by atoms with E-state index in [1.165, 1.54) is 41.8 Å². The molecule has 8 heteroatoms. The highest BCUT2D eigenvalue weighted by molar-refractivity contribution is 7.89. The molecule has 144 valence electrons. The van der Waals surface area contributed by atoms with Crippen molar-refractivity contribution in [1.29, 1.82) is 0 Å². The standard InChI is InChI=1S/C18H26FN3O3S/c1-14-5-2-3-10-22(14)16-12-21(13-16)26(24,25)17-7-4-6-15(11-17)18(23)20-9-8-19/h4,6-7,11,14,16H,2-3,5,8-10,12-13H2,1H3,(H,20,23)/t14-/m1/s1. The van der Waals surface area contributed by atoms with Crippen LogP contribution in [0.5, 0.6) is 0 Å². The minimum Gasteiger partial charge on any atom is -0.349 e. The Bertz CT molecular complexity index is 750. The molecule has 2 fully saturated rings. The van der Waals surface area contributed by atoms with E-state index in [9.17, 15) is 17.6 Å². The molecule has 2 saturated heterocycles. The number of rotatable bonds is 6. The number of amides is 1. The molecule has 0 bridgehead atoms. The number of alkyl halides is 1. The Morgan fingerprint density at radius 2 is 2.08 bits per heavy atom. The van der Waals surface area contributed by atoms with Crippen LogP contribution in [0.1, 0.15) is 36.5 Å². The number of hydrogen-bond acceptors (Lipinski definition) is 4. The minimum atomic E-state index is -3.62. The molecule has 0 aliphatic carbocycles. The van der Waals surface area contributed by atoms with E-state index in [2.05, 4.69) is 17.1 Å². The van der Waals surface area contributed by atoms with Gasteiger partial charge in [-0.25, -0.2) is 12.8 Å². The Morgan fingerprint density at radius 3 is 2.77 bits per heavy atom. The van der Waals surface area contributed by atoms with Gasteiger partial charge in [0.1, 0.15) is 6.67 Å². The van der Waals surface area contributed by atoms with E-state index in [1.807, 2.05) is 0 Å². The molecule has 0 radical (unpaired) electrons. The third-order valence-electron chi connectivity index (χ3n) is 5.27. The largest absolute Gasteiger partial charge is 0.349 e. The van der Waals surface area contributed by atoms with E-state index in [-0.39, 0.29) is 23.0 Å². The van der Waals surface area contributed by atoms with Crippen LogP contribution in [0.3, 0.4) is 0 Å². The summed E-state index contributed by atoms with van der Waals surface area (Å²) in [6.07, 6.45) is 3.58. The van der Waals surface area contributed by atoms with Crippen LogP contribution in [0, 0.1) is 0 Å². The van der Waals surface area contributed by atoms with Gasteiger partial charge in [0, 0.05) is 37.3 Å². The van der Waals surface area contributed by atoms with Crippen LogP contribution in [0.15, 0.2) is 29.2 Å². The third kappa shape index (κ3) is 3.92. The average molecular weight is 383 g/mol. The predicted molar refractivity (Wildman–Crippen MR) is 97.3 cm³/mol. The molecule has 1 amide bonds. The lowest BCUT2D eigenvalue weighted by Gasteiger charge is -2.48. The van der Waals surface area contributed by atoms with Crippen molar-refractivity contribution in [3.05, 3.63) is 29.8 Å². The Kier molecular flexibility index (Phi) is 5.94. The summed E-state index contributed by atoms with van der Waals surface area (Å²) < 4.78 is 39.3. The Balaban J connectivity index is 1.67. The Labute approximate surface area is 154 Å². The first-order chi connectivity index (χ1) is 12.4. The third-order valence-corrected chi connectivity index (χ3v) is 7.09. The number of nitrogens with zero attached hydrogens (tertiary/aromatic N) is 2. The first kappa shape index (κ1) is 19.3. The van der Waals surface area contributed by atoms with Crippen molar-refractivity contribution in [3.63, 3.8) is 0 Å². The zero-order chi connectivity index (χ0) is 18.7. The van der Waals surface area contributed by atoms with Crippen LogP contribution in [0.2, 0.25) is 0 Å². The fourth-order valence-corrected chi connectivity index (χ4v) is 5.26. The van der Waals surface area contributed by atoms with Crippen LogP contribution in [0.25, 0.3) is 0 Å². The molecule has 2 aliphatic rings. The van der Waals surface area contributed by atoms with Crippen LogP contribution >= 0.6 is 0 Å². The molecule has 3 rings (SSSR count). The van der Waals surface area contributed by atoms with Crippen molar-refractivity contribution in [2.24, 2.45) is 0 Å². The van der Waals surface area contributed by atoms with Gasteiger partial charge in [0.15, 0.2) is 0 Å². The van der Waals surface area contributed by atoms with Gasteiger partial charge in [0.2, 0.25) is 10.0 Å². The molecule has 0 unspecified atom stereocenters. The highest BCUT2D eigenvalue weighted by Crippen LogP contribution is 2.28. The molecule has 26 heavy (non-hydrogen) atoms. The van der Waals surface area contributed by atoms with Crippen LogP contribution in [-0.2, 0) is 10.0 Å². The van der Waals surface area contributed by atoms with Crippen molar-refractivity contribution >= 4 is 15.9 Å². The van der Waals surface area contributed by atoms with Crippen LogP contribution < -0.4 is 5.32 Å². The Morgan fingerprint density at radius 1 is 1.31 bits per heavy atom. The molecule has 6 nitrogen and oxygen atoms in total. The van der Waals surface area contributed by atoms with E-state index in [0.717, 1.165) is 6.54 Å². The smallest absolute Gasteiger partial charge is 0.251 e. The maximum absolute atomic E-state index is 12.8. The number of carbonyl (C=O) groups is 1. The average Bonchev–Trinajstić information content (AvgIpc) is 2.60. The second kappa shape index (κ2) is 8.02. The number of halogens is 1. The molecule has 2 heterocycles. The highest BCUT2D eigenvalue weighted by Gasteiger charge is 2.41. The highest BCUT2D eigenvalue weighted by atomic mass is 32.2. The van der Waals surface area contributed by atoms with E-state index < -0.39 is 22.6 Å². The van der Waals surface area contributed by atoms with Gasteiger partial charge >= 0.3 is 0 Å². The van der Waals surface area contributed by atoms with Crippen molar-refractivity contribution in [2.75, 3.05) is 32.9 Å². The lowest BCUT2D eigenvalue weighted by Crippen LogP contribution is -2.63. The van der Waals surface area contributed by atoms with E-state index >= 15 is 0 Å². The predicted octanol–water partition coefficient (Wildman–Crippen LogP) is 1.63. The number of likely N-dealkylation sites (tertiary alicyclic amines) is 1. The topological polar surface area (TPSA) is 69.7 Å². The summed E-state index contributed by atoms with van der Waals surface area (Å²) in [5.74, 6) is -0.469. The summed E-state index contributed by atoms with van der Waals surface area (Å²) in [6, 6.07) is 6.71. The molecule has 1 atom stereocenters. The lowest BCUT2D eigenvalue weighted by molar-refractivity contribution is 0.0360. The van der Waals surface area contributed by atoms with Gasteiger partial charge in [-0.15, -0.1) is 0 Å². The second-order valence-electron chi connectivity index (χ2n) is 7.03. The van der Waals surface area contributed by atoms with Crippen LogP contribution in [0.4, 0.5) is 4.39 Å². The van der Waals surface area contributed by atoms with Crippen molar-refractivity contribution in [1.82, 2.24) is 14.5 Å². The number of carbonyl (C=O) groups excluding carboxylic acids is 1. The minimum absolute atomic E-state index is 0.0857. The summed E-state index contributed by atoms with van der Waals surface area (Å²) in [4.78, 5) is 14.5. The number of piperidine rings is 1. The fourth-order valence-electron chi connectivity index (χ4n) is 3.70. The fraction of sp³-hybridized carbons (Fsp3) is 0.611. The normalized spacial score (nSPS) is 22.8. The zero-order valence-corrected chi connectivity index (χ0v) is 15.8. The summed E-state index contributed by atoms with van der Waals surface area (Å²) in [5, 5.41) is 2.41. The maximum atomic E-state index is 12.8. The van der Waals surface area contributed by atoms with E-state index in [0.29, 0.717) is 19.1 Å². The first-order valence-electron chi connectivity index (χ1n) is 9.13. The monoisotopic (exact) mass is 383 g/mol. The second-order valence-corrected chi connectivity index (χ2v) is 8.97. The first-order valence-corrected chi connectivity index (χ1v) is 10.6. The molecule has 0 spiro atoms. The summed E-state index contributed by atoms with van der Waals surface area (Å²) >= 11 is 0. The maximum Gasteiger partial charge on any atom is 0.251 e. The summed E-state index contributed by atoms with van der Waals surface area (Å²) in [6.45, 7) is 3.47. The Hall–Kier alpha value is -1.51. The molecule has 1 aromatic carbocycles.